The first-order valence-electron chi connectivity index (χ1n) is 9.36. The van der Waals surface area contributed by atoms with E-state index < -0.39 is 5.97 Å². The van der Waals surface area contributed by atoms with Crippen molar-refractivity contribution < 1.29 is 19.1 Å². The van der Waals surface area contributed by atoms with E-state index in [2.05, 4.69) is 0 Å². The Hall–Kier alpha value is -3.57. The molecule has 4 rings (SSSR count). The van der Waals surface area contributed by atoms with Crippen LogP contribution in [0.5, 0.6) is 5.75 Å². The van der Waals surface area contributed by atoms with Crippen LogP contribution < -0.4 is 15.2 Å². The number of rotatable bonds is 5. The summed E-state index contributed by atoms with van der Waals surface area (Å²) in [6, 6.07) is 21.0. The number of hydrogen-bond acceptors (Lipinski definition) is 5. The van der Waals surface area contributed by atoms with E-state index in [4.69, 9.17) is 25.7 Å². The number of carboxylic acids is 1. The van der Waals surface area contributed by atoms with Crippen LogP contribution in [0.25, 0.3) is 22.3 Å². The van der Waals surface area contributed by atoms with E-state index in [1.807, 2.05) is 43.3 Å². The Kier molecular flexibility index (Phi) is 5.55. The topological polar surface area (TPSA) is 74.9 Å². The highest BCUT2D eigenvalue weighted by Gasteiger charge is 2.08. The zero-order chi connectivity index (χ0) is 21.1. The number of benzene rings is 3. The smallest absolute Gasteiger partial charge is 0.137 e. The maximum absolute atomic E-state index is 11.0. The third kappa shape index (κ3) is 4.21. The van der Waals surface area contributed by atoms with Gasteiger partial charge in [-0.3, -0.25) is 0 Å². The van der Waals surface area contributed by atoms with Gasteiger partial charge in [0, 0.05) is 22.0 Å². The van der Waals surface area contributed by atoms with Crippen LogP contribution in [-0.4, -0.2) is 12.6 Å². The molecule has 0 saturated carbocycles. The van der Waals surface area contributed by atoms with E-state index >= 15 is 0 Å². The van der Waals surface area contributed by atoms with E-state index in [1.54, 1.807) is 24.3 Å². The molecular formula is C24H17ClNO4-. The predicted octanol–water partition coefficient (Wildman–Crippen LogP) is 4.75. The maximum Gasteiger partial charge on any atom is 0.137 e. The minimum atomic E-state index is -1.23. The van der Waals surface area contributed by atoms with Gasteiger partial charge in [0.2, 0.25) is 0 Å². The number of carboxylic acid groups (broad SMARTS) is 1. The molecule has 0 bridgehead atoms. The predicted molar refractivity (Wildman–Crippen MR) is 114 cm³/mol. The first-order chi connectivity index (χ1) is 14.5. The minimum absolute atomic E-state index is 0.0994. The lowest BCUT2D eigenvalue weighted by atomic mass is 10.1. The Morgan fingerprint density at radius 2 is 1.77 bits per heavy atom. The first-order valence-corrected chi connectivity index (χ1v) is 9.74. The van der Waals surface area contributed by atoms with Crippen LogP contribution in [0, 0.1) is 0 Å². The quantitative estimate of drug-likeness (QED) is 0.468. The summed E-state index contributed by atoms with van der Waals surface area (Å²) in [5.41, 5.74) is 2.22. The van der Waals surface area contributed by atoms with Crippen LogP contribution in [0.3, 0.4) is 0 Å². The van der Waals surface area contributed by atoms with Gasteiger partial charge in [0.25, 0.3) is 0 Å². The highest BCUT2D eigenvalue weighted by atomic mass is 35.5. The molecule has 0 fully saturated rings. The van der Waals surface area contributed by atoms with Crippen molar-refractivity contribution in [2.75, 3.05) is 6.61 Å². The van der Waals surface area contributed by atoms with Crippen LogP contribution in [0.1, 0.15) is 17.3 Å². The molecule has 0 unspecified atom stereocenters. The second kappa shape index (κ2) is 8.43. The summed E-state index contributed by atoms with van der Waals surface area (Å²) in [5.74, 6) is 0.119. The molecule has 150 valence electrons. The number of carbonyl (C=O) groups is 1. The van der Waals surface area contributed by atoms with Crippen molar-refractivity contribution in [2.45, 2.75) is 6.92 Å². The van der Waals surface area contributed by atoms with Crippen molar-refractivity contribution in [3.05, 3.63) is 88.7 Å². The second-order valence-corrected chi connectivity index (χ2v) is 6.98. The van der Waals surface area contributed by atoms with Crippen LogP contribution in [0.15, 0.2) is 82.2 Å². The Morgan fingerprint density at radius 1 is 1.03 bits per heavy atom. The molecule has 0 amide bonds. The Balaban J connectivity index is 1.92. The fourth-order valence-corrected chi connectivity index (χ4v) is 3.19. The van der Waals surface area contributed by atoms with Crippen molar-refractivity contribution >= 4 is 34.2 Å². The second-order valence-electron chi connectivity index (χ2n) is 6.54. The number of aromatic carboxylic acids is 1. The Labute approximate surface area is 177 Å². The summed E-state index contributed by atoms with van der Waals surface area (Å²) >= 11 is 6.01. The highest BCUT2D eigenvalue weighted by molar-refractivity contribution is 6.30. The minimum Gasteiger partial charge on any atom is -0.545 e. The van der Waals surface area contributed by atoms with Crippen molar-refractivity contribution in [1.29, 1.82) is 0 Å². The van der Waals surface area contributed by atoms with E-state index in [1.165, 1.54) is 12.1 Å². The molecule has 0 spiro atoms. The molecule has 0 saturated heterocycles. The van der Waals surface area contributed by atoms with Crippen LogP contribution in [0.2, 0.25) is 5.02 Å². The molecule has 0 aliphatic heterocycles. The van der Waals surface area contributed by atoms with Gasteiger partial charge in [-0.15, -0.1) is 0 Å². The Bertz CT molecular complexity index is 1280. The van der Waals surface area contributed by atoms with E-state index in [0.29, 0.717) is 39.8 Å². The monoisotopic (exact) mass is 418 g/mol. The lowest BCUT2D eigenvalue weighted by molar-refractivity contribution is -0.255. The summed E-state index contributed by atoms with van der Waals surface area (Å²) < 4.78 is 11.7. The Morgan fingerprint density at radius 3 is 2.43 bits per heavy atom. The van der Waals surface area contributed by atoms with E-state index in [0.717, 1.165) is 10.9 Å². The maximum atomic E-state index is 11.0. The lowest BCUT2D eigenvalue weighted by Gasteiger charge is -2.08. The summed E-state index contributed by atoms with van der Waals surface area (Å²) in [7, 11) is 0. The largest absolute Gasteiger partial charge is 0.545 e. The van der Waals surface area contributed by atoms with E-state index in [-0.39, 0.29) is 5.56 Å². The molecular weight excluding hydrogens is 402 g/mol. The summed E-state index contributed by atoms with van der Waals surface area (Å²) in [6.45, 7) is 2.46. The number of hydrogen-bond donors (Lipinski definition) is 0. The number of fused-ring (bicyclic) bond motifs is 1. The molecule has 0 aliphatic carbocycles. The van der Waals surface area contributed by atoms with Gasteiger partial charge in [0.05, 0.1) is 23.6 Å². The fourth-order valence-electron chi connectivity index (χ4n) is 3.06. The number of ether oxygens (including phenoxy) is 1. The molecule has 0 aliphatic rings. The zero-order valence-corrected chi connectivity index (χ0v) is 16.8. The summed E-state index contributed by atoms with van der Waals surface area (Å²) in [4.78, 5) is 15.7. The third-order valence-corrected chi connectivity index (χ3v) is 4.76. The van der Waals surface area contributed by atoms with Crippen molar-refractivity contribution in [3.8, 4) is 17.1 Å². The molecule has 0 radical (unpaired) electrons. The SMILES string of the molecule is CCOc1ccc2oc(-c3ccc(Cl)cc3)cc(=Nc3ccc(C(=O)[O-])cc3)c2c1. The van der Waals surface area contributed by atoms with Gasteiger partial charge in [0.1, 0.15) is 17.1 Å². The zero-order valence-electron chi connectivity index (χ0n) is 16.1. The van der Waals surface area contributed by atoms with Crippen LogP contribution >= 0.6 is 11.6 Å². The van der Waals surface area contributed by atoms with Gasteiger partial charge < -0.3 is 19.1 Å². The van der Waals surface area contributed by atoms with E-state index in [9.17, 15) is 9.90 Å². The highest BCUT2D eigenvalue weighted by Crippen LogP contribution is 2.26. The van der Waals surface area contributed by atoms with Gasteiger partial charge >= 0.3 is 0 Å². The molecule has 30 heavy (non-hydrogen) atoms. The van der Waals surface area contributed by atoms with Crippen LogP contribution in [-0.2, 0) is 0 Å². The average Bonchev–Trinajstić information content (AvgIpc) is 2.75. The number of nitrogens with zero attached hydrogens (tertiary/aromatic N) is 1. The van der Waals surface area contributed by atoms with Gasteiger partial charge in [-0.1, -0.05) is 23.7 Å². The molecule has 0 N–H and O–H groups in total. The lowest BCUT2D eigenvalue weighted by Crippen LogP contribution is -2.21. The molecule has 1 aromatic heterocycles. The molecule has 1 heterocycles. The molecule has 3 aromatic carbocycles. The number of halogens is 1. The molecule has 6 heteroatoms. The molecule has 0 atom stereocenters. The average molecular weight is 419 g/mol. The third-order valence-electron chi connectivity index (χ3n) is 4.51. The van der Waals surface area contributed by atoms with Crippen molar-refractivity contribution in [1.82, 2.24) is 0 Å². The van der Waals surface area contributed by atoms with Crippen molar-refractivity contribution in [3.63, 3.8) is 0 Å². The fraction of sp³-hybridized carbons (Fsp3) is 0.0833. The van der Waals surface area contributed by atoms with Gasteiger partial charge in [0.15, 0.2) is 0 Å². The van der Waals surface area contributed by atoms with Crippen LogP contribution in [0.4, 0.5) is 5.69 Å². The number of carbonyl (C=O) groups excluding carboxylic acids is 1. The molecule has 5 nitrogen and oxygen atoms in total. The normalized spacial score (nSPS) is 11.6. The standard InChI is InChI=1S/C24H18ClNO4/c1-2-29-19-11-12-22-20(13-19)21(26-18-9-5-16(6-10-18)24(27)28)14-23(30-22)15-3-7-17(25)8-4-15/h3-14H,2H2,1H3,(H,27,28)/p-1. The van der Waals surface area contributed by atoms with Gasteiger partial charge in [-0.25, -0.2) is 4.99 Å². The summed E-state index contributed by atoms with van der Waals surface area (Å²) in [6.07, 6.45) is 0. The van der Waals surface area contributed by atoms with Gasteiger partial charge in [-0.2, -0.15) is 0 Å². The molecule has 4 aromatic rings. The summed E-state index contributed by atoms with van der Waals surface area (Å²) in [5, 5.41) is 13.1. The first kappa shape index (κ1) is 19.7. The van der Waals surface area contributed by atoms with Gasteiger partial charge in [-0.05, 0) is 67.1 Å². The van der Waals surface area contributed by atoms with Crippen molar-refractivity contribution in [2.24, 2.45) is 4.99 Å².